The maximum absolute atomic E-state index is 12.3. The molecule has 0 aliphatic rings. The number of nitrogens with zero attached hydrogens (tertiary/aromatic N) is 2. The van der Waals surface area contributed by atoms with Crippen LogP contribution >= 0.6 is 15.9 Å². The summed E-state index contributed by atoms with van der Waals surface area (Å²) in [5.41, 5.74) is 0.907. The number of methoxy groups -OCH3 is 1. The van der Waals surface area contributed by atoms with Gasteiger partial charge in [-0.1, -0.05) is 22.0 Å². The van der Waals surface area contributed by atoms with E-state index in [4.69, 9.17) is 19.2 Å². The molecule has 0 fully saturated rings. The number of fused-ring (bicyclic) bond motifs is 2. The Morgan fingerprint density at radius 2 is 1.89 bits per heavy atom. The highest BCUT2D eigenvalue weighted by Gasteiger charge is 2.10. The summed E-state index contributed by atoms with van der Waals surface area (Å²) in [5, 5.41) is 18.0. The molecular weight excluding hydrogens is 434 g/mol. The van der Waals surface area contributed by atoms with Gasteiger partial charge in [-0.3, -0.25) is 4.79 Å². The molecule has 0 spiro atoms. The highest BCUT2D eigenvalue weighted by Crippen LogP contribution is 2.22. The van der Waals surface area contributed by atoms with Gasteiger partial charge in [0.25, 0.3) is 0 Å². The van der Waals surface area contributed by atoms with E-state index in [0.29, 0.717) is 27.8 Å². The fourth-order valence-corrected chi connectivity index (χ4v) is 2.71. The fraction of sp³-hybridized carbons (Fsp3) is 0.0556. The monoisotopic (exact) mass is 446 g/mol. The molecule has 0 aliphatic heterocycles. The van der Waals surface area contributed by atoms with E-state index >= 15 is 0 Å². The lowest BCUT2D eigenvalue weighted by atomic mass is 9.82. The van der Waals surface area contributed by atoms with Crippen LogP contribution in [0.3, 0.4) is 0 Å². The second-order valence-corrected chi connectivity index (χ2v) is 6.50. The first-order valence-corrected chi connectivity index (χ1v) is 8.72. The lowest BCUT2D eigenvalue weighted by Crippen LogP contribution is -2.30. The Bertz CT molecular complexity index is 1180. The predicted octanol–water partition coefficient (Wildman–Crippen LogP) is 2.01. The Morgan fingerprint density at radius 3 is 2.54 bits per heavy atom. The summed E-state index contributed by atoms with van der Waals surface area (Å²) in [6, 6.07) is 9.25. The first kappa shape index (κ1) is 19.9. The summed E-state index contributed by atoms with van der Waals surface area (Å²) in [5.74, 6) is -0.103. The normalized spacial score (nSPS) is 10.5. The molecule has 0 saturated heterocycles. The van der Waals surface area contributed by atoms with Crippen molar-refractivity contribution in [3.8, 4) is 5.75 Å². The molecule has 3 aromatic heterocycles. The number of hydrogen-bond acceptors (Lipinski definition) is 7. The summed E-state index contributed by atoms with van der Waals surface area (Å²) in [6.45, 7) is 0. The van der Waals surface area contributed by atoms with E-state index < -0.39 is 13.1 Å². The van der Waals surface area contributed by atoms with Gasteiger partial charge in [0.2, 0.25) is 17.1 Å². The number of hydrogen-bond donors (Lipinski definition) is 2. The lowest BCUT2D eigenvalue weighted by Gasteiger charge is -2.03. The summed E-state index contributed by atoms with van der Waals surface area (Å²) >= 11 is 3.34. The van der Waals surface area contributed by atoms with Crippen LogP contribution in [0.1, 0.15) is 0 Å². The minimum Gasteiger partial charge on any atom is -0.495 e. The quantitative estimate of drug-likeness (QED) is 0.275. The van der Waals surface area contributed by atoms with Crippen molar-refractivity contribution in [3.05, 3.63) is 69.4 Å². The molecule has 0 atom stereocenters. The van der Waals surface area contributed by atoms with Gasteiger partial charge >= 0.3 is 7.12 Å². The zero-order valence-electron chi connectivity index (χ0n) is 14.5. The second-order valence-electron chi connectivity index (χ2n) is 5.59. The number of pyridine rings is 2. The standard InChI is InChI=1S/C13H8BrNO3.C5H5BFNO2/c1-17-8-5-10-12(16)9-4-7(14)2-3-11(9)18-13(10)15-6-8;7-5-2-1-4(3-8-5)6(9)10/h2-6H,1H3;1-3,9-10H. The van der Waals surface area contributed by atoms with Crippen molar-refractivity contribution in [2.75, 3.05) is 7.11 Å². The smallest absolute Gasteiger partial charge is 0.490 e. The van der Waals surface area contributed by atoms with Gasteiger partial charge in [0.1, 0.15) is 11.3 Å². The molecule has 28 heavy (non-hydrogen) atoms. The van der Waals surface area contributed by atoms with Crippen molar-refractivity contribution in [1.29, 1.82) is 0 Å². The number of ether oxygens (including phenoxy) is 1. The SMILES string of the molecule is COc1cnc2oc3ccc(Br)cc3c(=O)c2c1.OB(O)c1ccc(F)nc1. The van der Waals surface area contributed by atoms with E-state index in [0.717, 1.165) is 16.7 Å². The first-order valence-electron chi connectivity index (χ1n) is 7.92. The van der Waals surface area contributed by atoms with E-state index in [9.17, 15) is 9.18 Å². The number of benzene rings is 1. The van der Waals surface area contributed by atoms with Gasteiger partial charge in [-0.05, 0) is 30.3 Å². The van der Waals surface area contributed by atoms with Crippen LogP contribution < -0.4 is 15.6 Å². The zero-order valence-corrected chi connectivity index (χ0v) is 16.1. The molecule has 4 rings (SSSR count). The average Bonchev–Trinajstić information content (AvgIpc) is 2.69. The van der Waals surface area contributed by atoms with E-state index in [-0.39, 0.29) is 10.9 Å². The van der Waals surface area contributed by atoms with Gasteiger partial charge in [0.05, 0.1) is 24.1 Å². The van der Waals surface area contributed by atoms with Gasteiger partial charge in [-0.25, -0.2) is 9.97 Å². The van der Waals surface area contributed by atoms with Gasteiger partial charge in [-0.2, -0.15) is 4.39 Å². The van der Waals surface area contributed by atoms with E-state index in [2.05, 4.69) is 25.9 Å². The molecule has 2 N–H and O–H groups in total. The number of rotatable bonds is 2. The van der Waals surface area contributed by atoms with E-state index in [1.807, 2.05) is 6.07 Å². The molecule has 0 saturated carbocycles. The zero-order chi connectivity index (χ0) is 20.3. The topological polar surface area (TPSA) is 106 Å². The fourth-order valence-electron chi connectivity index (χ4n) is 2.35. The molecule has 0 radical (unpaired) electrons. The van der Waals surface area contributed by atoms with Gasteiger partial charge < -0.3 is 19.2 Å². The van der Waals surface area contributed by atoms with Gasteiger partial charge in [-0.15, -0.1) is 0 Å². The van der Waals surface area contributed by atoms with Crippen LogP contribution in [-0.4, -0.2) is 34.2 Å². The minimum absolute atomic E-state index is 0.112. The molecule has 142 valence electrons. The maximum atomic E-state index is 12.3. The largest absolute Gasteiger partial charge is 0.495 e. The Morgan fingerprint density at radius 1 is 1.11 bits per heavy atom. The summed E-state index contributed by atoms with van der Waals surface area (Å²) in [7, 11) is -0.0460. The molecule has 0 bridgehead atoms. The van der Waals surface area contributed by atoms with Crippen LogP contribution in [0.25, 0.3) is 22.1 Å². The molecule has 0 amide bonds. The van der Waals surface area contributed by atoms with Crippen LogP contribution in [0.5, 0.6) is 5.75 Å². The van der Waals surface area contributed by atoms with Crippen LogP contribution in [0.15, 0.2) is 62.5 Å². The molecule has 3 heterocycles. The Labute approximate surface area is 166 Å². The van der Waals surface area contributed by atoms with Crippen molar-refractivity contribution >= 4 is 50.6 Å². The molecular formula is C18H13BBrFN2O5. The Hall–Kier alpha value is -2.82. The van der Waals surface area contributed by atoms with Crippen molar-refractivity contribution in [1.82, 2.24) is 9.97 Å². The van der Waals surface area contributed by atoms with Gasteiger partial charge in [0, 0.05) is 16.1 Å². The lowest BCUT2D eigenvalue weighted by molar-refractivity contribution is 0.413. The predicted molar refractivity (Wildman–Crippen MR) is 106 cm³/mol. The highest BCUT2D eigenvalue weighted by atomic mass is 79.9. The van der Waals surface area contributed by atoms with Crippen molar-refractivity contribution < 1.29 is 23.6 Å². The third-order valence-electron chi connectivity index (χ3n) is 3.75. The molecule has 0 unspecified atom stereocenters. The van der Waals surface area contributed by atoms with Gasteiger partial charge in [0.15, 0.2) is 0 Å². The van der Waals surface area contributed by atoms with Crippen LogP contribution in [0.2, 0.25) is 0 Å². The maximum Gasteiger partial charge on any atom is 0.490 e. The van der Waals surface area contributed by atoms with E-state index in [1.165, 1.54) is 19.4 Å². The highest BCUT2D eigenvalue weighted by molar-refractivity contribution is 9.10. The second kappa shape index (κ2) is 8.47. The Balaban J connectivity index is 0.000000192. The van der Waals surface area contributed by atoms with Crippen LogP contribution in [-0.2, 0) is 0 Å². The number of aromatic nitrogens is 2. The first-order chi connectivity index (χ1) is 13.4. The van der Waals surface area contributed by atoms with Crippen LogP contribution in [0, 0.1) is 5.95 Å². The molecule has 4 aromatic rings. The number of halogens is 2. The summed E-state index contributed by atoms with van der Waals surface area (Å²) in [6.07, 6.45) is 2.59. The Kier molecular flexibility index (Phi) is 6.03. The molecule has 1 aromatic carbocycles. The average molecular weight is 447 g/mol. The molecule has 0 aliphatic carbocycles. The third-order valence-corrected chi connectivity index (χ3v) is 4.24. The van der Waals surface area contributed by atoms with Crippen molar-refractivity contribution in [2.45, 2.75) is 0 Å². The van der Waals surface area contributed by atoms with Crippen molar-refractivity contribution in [3.63, 3.8) is 0 Å². The molecule has 10 heteroatoms. The minimum atomic E-state index is -1.58. The van der Waals surface area contributed by atoms with E-state index in [1.54, 1.807) is 18.2 Å². The van der Waals surface area contributed by atoms with Crippen molar-refractivity contribution in [2.24, 2.45) is 0 Å². The summed E-state index contributed by atoms with van der Waals surface area (Å²) in [4.78, 5) is 19.6. The molecule has 7 nitrogen and oxygen atoms in total. The summed E-state index contributed by atoms with van der Waals surface area (Å²) < 4.78 is 23.6. The third kappa shape index (κ3) is 4.36. The van der Waals surface area contributed by atoms with Crippen LogP contribution in [0.4, 0.5) is 4.39 Å².